The molecular formula is C21H27N5O. The summed E-state index contributed by atoms with van der Waals surface area (Å²) in [5.41, 5.74) is 3.50. The van der Waals surface area contributed by atoms with Gasteiger partial charge in [-0.2, -0.15) is 5.10 Å². The summed E-state index contributed by atoms with van der Waals surface area (Å²) in [6.45, 7) is 3.63. The molecule has 27 heavy (non-hydrogen) atoms. The van der Waals surface area contributed by atoms with Gasteiger partial charge in [0.25, 0.3) is 5.56 Å². The number of likely N-dealkylation sites (tertiary alicyclic amines) is 1. The van der Waals surface area contributed by atoms with Gasteiger partial charge in [0.2, 0.25) is 0 Å². The molecule has 142 valence electrons. The Kier molecular flexibility index (Phi) is 4.52. The van der Waals surface area contributed by atoms with Crippen LogP contribution in [-0.4, -0.2) is 37.7 Å². The van der Waals surface area contributed by atoms with Gasteiger partial charge in [0.05, 0.1) is 17.9 Å². The summed E-state index contributed by atoms with van der Waals surface area (Å²) in [4.78, 5) is 24.0. The normalized spacial score (nSPS) is 20.7. The van der Waals surface area contributed by atoms with Crippen LogP contribution < -0.4 is 5.56 Å². The van der Waals surface area contributed by atoms with E-state index in [2.05, 4.69) is 15.0 Å². The molecule has 0 unspecified atom stereocenters. The van der Waals surface area contributed by atoms with Crippen molar-refractivity contribution in [2.45, 2.75) is 64.0 Å². The highest BCUT2D eigenvalue weighted by Gasteiger charge is 2.29. The van der Waals surface area contributed by atoms with Crippen molar-refractivity contribution >= 4 is 0 Å². The van der Waals surface area contributed by atoms with Crippen molar-refractivity contribution in [1.29, 1.82) is 0 Å². The van der Waals surface area contributed by atoms with E-state index in [1.807, 2.05) is 18.3 Å². The number of hydrogen-bond acceptors (Lipinski definition) is 5. The summed E-state index contributed by atoms with van der Waals surface area (Å²) >= 11 is 0. The summed E-state index contributed by atoms with van der Waals surface area (Å²) in [5, 5.41) is 4.66. The SMILES string of the molecule is O=c1cc2c(nn1CC1CN(Cc3ccnc(C4CCC4)n3)C1)CCCC2. The largest absolute Gasteiger partial charge is 0.297 e. The van der Waals surface area contributed by atoms with Crippen LogP contribution in [0.1, 0.15) is 60.8 Å². The molecule has 5 rings (SSSR count). The quantitative estimate of drug-likeness (QED) is 0.814. The minimum Gasteiger partial charge on any atom is -0.297 e. The van der Waals surface area contributed by atoms with Crippen LogP contribution in [0.5, 0.6) is 0 Å². The molecule has 3 aliphatic rings. The molecule has 0 spiro atoms. The average molecular weight is 365 g/mol. The molecule has 2 aromatic heterocycles. The van der Waals surface area contributed by atoms with Gasteiger partial charge in [-0.25, -0.2) is 14.6 Å². The summed E-state index contributed by atoms with van der Waals surface area (Å²) < 4.78 is 1.70. The first-order valence-corrected chi connectivity index (χ1v) is 10.4. The lowest BCUT2D eigenvalue weighted by Crippen LogP contribution is -2.49. The first-order valence-electron chi connectivity index (χ1n) is 10.4. The standard InChI is InChI=1S/C21H27N5O/c27-20-10-17-4-1-2-7-19(17)24-26(20)13-15-11-25(12-15)14-18-8-9-22-21(23-18)16-5-3-6-16/h8-10,15-16H,1-7,11-14H2. The Morgan fingerprint density at radius 2 is 1.96 bits per heavy atom. The molecule has 6 nitrogen and oxygen atoms in total. The number of hydrogen-bond donors (Lipinski definition) is 0. The molecule has 0 aromatic carbocycles. The maximum absolute atomic E-state index is 12.3. The second kappa shape index (κ2) is 7.15. The second-order valence-electron chi connectivity index (χ2n) is 8.44. The molecule has 1 aliphatic heterocycles. The Hall–Kier alpha value is -2.08. The van der Waals surface area contributed by atoms with Gasteiger partial charge < -0.3 is 0 Å². The first kappa shape index (κ1) is 17.0. The van der Waals surface area contributed by atoms with Crippen molar-refractivity contribution in [3.63, 3.8) is 0 Å². The van der Waals surface area contributed by atoms with Crippen LogP contribution in [0, 0.1) is 5.92 Å². The van der Waals surface area contributed by atoms with Crippen molar-refractivity contribution < 1.29 is 0 Å². The van der Waals surface area contributed by atoms with Crippen LogP contribution in [-0.2, 0) is 25.9 Å². The highest BCUT2D eigenvalue weighted by Crippen LogP contribution is 2.34. The van der Waals surface area contributed by atoms with Gasteiger partial charge in [-0.05, 0) is 50.2 Å². The Morgan fingerprint density at radius 1 is 1.11 bits per heavy atom. The van der Waals surface area contributed by atoms with Crippen molar-refractivity contribution in [1.82, 2.24) is 24.6 Å². The van der Waals surface area contributed by atoms with Crippen molar-refractivity contribution in [3.8, 4) is 0 Å². The summed E-state index contributed by atoms with van der Waals surface area (Å²) in [6, 6.07) is 3.85. The lowest BCUT2D eigenvalue weighted by Gasteiger charge is -2.39. The van der Waals surface area contributed by atoms with Crippen LogP contribution in [0.3, 0.4) is 0 Å². The number of nitrogens with zero attached hydrogens (tertiary/aromatic N) is 5. The Morgan fingerprint density at radius 3 is 2.78 bits per heavy atom. The monoisotopic (exact) mass is 365 g/mol. The van der Waals surface area contributed by atoms with E-state index in [0.29, 0.717) is 11.8 Å². The molecule has 0 atom stereocenters. The van der Waals surface area contributed by atoms with Gasteiger partial charge in [0.1, 0.15) is 5.82 Å². The third-order valence-electron chi connectivity index (χ3n) is 6.33. The molecule has 3 heterocycles. The van der Waals surface area contributed by atoms with Crippen LogP contribution in [0.25, 0.3) is 0 Å². The lowest BCUT2D eigenvalue weighted by molar-refractivity contribution is 0.0750. The van der Waals surface area contributed by atoms with Crippen molar-refractivity contribution in [2.75, 3.05) is 13.1 Å². The minimum absolute atomic E-state index is 0.0649. The molecular weight excluding hydrogens is 338 g/mol. The Bertz CT molecular complexity index is 882. The van der Waals surface area contributed by atoms with E-state index in [1.54, 1.807) is 4.68 Å². The van der Waals surface area contributed by atoms with E-state index in [-0.39, 0.29) is 5.56 Å². The number of fused-ring (bicyclic) bond motifs is 1. The molecule has 2 aromatic rings. The molecule has 0 N–H and O–H groups in total. The Balaban J connectivity index is 1.18. The van der Waals surface area contributed by atoms with E-state index in [0.717, 1.165) is 56.2 Å². The van der Waals surface area contributed by atoms with Crippen LogP contribution in [0.4, 0.5) is 0 Å². The van der Waals surface area contributed by atoms with E-state index >= 15 is 0 Å². The van der Waals surface area contributed by atoms with Gasteiger partial charge in [0.15, 0.2) is 0 Å². The van der Waals surface area contributed by atoms with Gasteiger partial charge in [-0.15, -0.1) is 0 Å². The van der Waals surface area contributed by atoms with E-state index in [1.165, 1.54) is 37.7 Å². The zero-order valence-corrected chi connectivity index (χ0v) is 15.8. The van der Waals surface area contributed by atoms with E-state index in [9.17, 15) is 4.79 Å². The number of aromatic nitrogens is 4. The molecule has 6 heteroatoms. The highest BCUT2D eigenvalue weighted by atomic mass is 16.1. The molecule has 2 aliphatic carbocycles. The average Bonchev–Trinajstić information content (AvgIpc) is 2.59. The summed E-state index contributed by atoms with van der Waals surface area (Å²) in [6.07, 6.45) is 10.1. The number of aryl methyl sites for hydroxylation is 2. The molecule has 2 fully saturated rings. The smallest absolute Gasteiger partial charge is 0.267 e. The maximum atomic E-state index is 12.3. The molecule has 1 saturated carbocycles. The first-order chi connectivity index (χ1) is 13.2. The van der Waals surface area contributed by atoms with Crippen LogP contribution in [0.2, 0.25) is 0 Å². The fourth-order valence-corrected chi connectivity index (χ4v) is 4.49. The molecule has 0 amide bonds. The fraction of sp³-hybridized carbons (Fsp3) is 0.619. The van der Waals surface area contributed by atoms with Gasteiger partial charge >= 0.3 is 0 Å². The topological polar surface area (TPSA) is 63.9 Å². The zero-order valence-electron chi connectivity index (χ0n) is 15.8. The van der Waals surface area contributed by atoms with Crippen LogP contribution in [0.15, 0.2) is 23.1 Å². The van der Waals surface area contributed by atoms with Crippen molar-refractivity contribution in [2.24, 2.45) is 5.92 Å². The molecule has 0 bridgehead atoms. The lowest BCUT2D eigenvalue weighted by atomic mass is 9.85. The minimum atomic E-state index is 0.0649. The molecule has 1 saturated heterocycles. The Labute approximate surface area is 159 Å². The van der Waals surface area contributed by atoms with E-state index in [4.69, 9.17) is 4.98 Å². The third kappa shape index (κ3) is 3.55. The van der Waals surface area contributed by atoms with Gasteiger partial charge in [-0.3, -0.25) is 9.69 Å². The predicted octanol–water partition coefficient (Wildman–Crippen LogP) is 2.31. The zero-order chi connectivity index (χ0) is 18.2. The summed E-state index contributed by atoms with van der Waals surface area (Å²) in [5.74, 6) is 2.11. The number of rotatable bonds is 5. The third-order valence-corrected chi connectivity index (χ3v) is 6.33. The van der Waals surface area contributed by atoms with Gasteiger partial charge in [0, 0.05) is 43.7 Å². The second-order valence-corrected chi connectivity index (χ2v) is 8.44. The highest BCUT2D eigenvalue weighted by molar-refractivity contribution is 5.20. The van der Waals surface area contributed by atoms with Crippen LogP contribution >= 0.6 is 0 Å². The molecule has 0 radical (unpaired) electrons. The predicted molar refractivity (Wildman–Crippen MR) is 103 cm³/mol. The summed E-state index contributed by atoms with van der Waals surface area (Å²) in [7, 11) is 0. The van der Waals surface area contributed by atoms with Gasteiger partial charge in [-0.1, -0.05) is 6.42 Å². The maximum Gasteiger partial charge on any atom is 0.267 e. The van der Waals surface area contributed by atoms with Crippen molar-refractivity contribution in [3.05, 3.63) is 51.5 Å². The van der Waals surface area contributed by atoms with E-state index < -0.39 is 0 Å². The fourth-order valence-electron chi connectivity index (χ4n) is 4.49.